The van der Waals surface area contributed by atoms with Gasteiger partial charge >= 0.3 is 0 Å². The summed E-state index contributed by atoms with van der Waals surface area (Å²) in [6, 6.07) is 6.84. The Balaban J connectivity index is 2.30. The van der Waals surface area contributed by atoms with Gasteiger partial charge in [0.25, 0.3) is 30.4 Å². The van der Waals surface area contributed by atoms with E-state index in [1.807, 2.05) is 0 Å². The second-order valence-electron chi connectivity index (χ2n) is 8.61. The molecule has 37 heavy (non-hydrogen) atoms. The highest BCUT2D eigenvalue weighted by molar-refractivity contribution is 7.86. The topological polar surface area (TPSA) is 204 Å². The highest BCUT2D eigenvalue weighted by Gasteiger charge is 2.25. The third-order valence-corrected chi connectivity index (χ3v) is 8.73. The van der Waals surface area contributed by atoms with Crippen molar-refractivity contribution < 1.29 is 49.1 Å². The smallest absolute Gasteiger partial charge is 0.298 e. The van der Waals surface area contributed by atoms with Gasteiger partial charge in [-0.25, -0.2) is 0 Å². The summed E-state index contributed by atoms with van der Waals surface area (Å²) in [4.78, 5) is -2.02. The summed E-state index contributed by atoms with van der Waals surface area (Å²) in [7, 11) is -14.4. The van der Waals surface area contributed by atoms with Gasteiger partial charge in [0.1, 0.15) is 21.3 Å². The van der Waals surface area contributed by atoms with Gasteiger partial charge < -0.3 is 10.2 Å². The molecule has 200 valence electrons. The quantitative estimate of drug-likeness (QED) is 0.260. The first-order chi connectivity index (χ1) is 16.8. The van der Waals surface area contributed by atoms with Crippen molar-refractivity contribution in [1.29, 1.82) is 0 Å². The van der Waals surface area contributed by atoms with Crippen molar-refractivity contribution in [3.05, 3.63) is 75.3 Å². The average molecular weight is 573 g/mol. The van der Waals surface area contributed by atoms with Crippen molar-refractivity contribution in [2.24, 2.45) is 0 Å². The molecule has 0 unspecified atom stereocenters. The van der Waals surface area contributed by atoms with Gasteiger partial charge in [-0.2, -0.15) is 25.3 Å². The first-order valence-corrected chi connectivity index (χ1v) is 14.8. The SMILES string of the molecule is Cc1cc(O)c(S(=O)(=O)O)cc1Cc1c(C)ccc(S(=O)(=O)O)c1Cc1cc(S(=O)(=O)O)c(O)cc1C. The normalized spacial score (nSPS) is 12.6. The van der Waals surface area contributed by atoms with Crippen LogP contribution in [0.4, 0.5) is 0 Å². The van der Waals surface area contributed by atoms with E-state index in [9.17, 15) is 49.1 Å². The van der Waals surface area contributed by atoms with Crippen LogP contribution in [0.1, 0.15) is 38.9 Å². The predicted molar refractivity (Wildman–Crippen MR) is 132 cm³/mol. The number of hydrogen-bond acceptors (Lipinski definition) is 8. The average Bonchev–Trinajstić information content (AvgIpc) is 2.71. The molecule has 11 nitrogen and oxygen atoms in total. The number of rotatable bonds is 7. The van der Waals surface area contributed by atoms with Crippen LogP contribution in [0.5, 0.6) is 11.5 Å². The van der Waals surface area contributed by atoms with Crippen molar-refractivity contribution in [3.8, 4) is 11.5 Å². The molecule has 0 aliphatic rings. The van der Waals surface area contributed by atoms with E-state index < -0.39 is 56.5 Å². The maximum absolute atomic E-state index is 12.3. The fourth-order valence-electron chi connectivity index (χ4n) is 4.08. The zero-order valence-electron chi connectivity index (χ0n) is 19.8. The molecule has 0 spiro atoms. The van der Waals surface area contributed by atoms with Gasteiger partial charge in [-0.05, 0) is 103 Å². The summed E-state index contributed by atoms with van der Waals surface area (Å²) < 4.78 is 100. The lowest BCUT2D eigenvalue weighted by Gasteiger charge is -2.19. The van der Waals surface area contributed by atoms with E-state index in [-0.39, 0.29) is 24.0 Å². The van der Waals surface area contributed by atoms with Crippen LogP contribution in [-0.2, 0) is 43.2 Å². The van der Waals surface area contributed by atoms with E-state index in [2.05, 4.69) is 0 Å². The molecule has 0 saturated heterocycles. The number of aromatic hydroxyl groups is 2. The van der Waals surface area contributed by atoms with Crippen LogP contribution >= 0.6 is 0 Å². The third kappa shape index (κ3) is 6.11. The first kappa shape index (κ1) is 28.6. The lowest BCUT2D eigenvalue weighted by molar-refractivity contribution is 0.440. The molecule has 0 aliphatic heterocycles. The summed E-state index contributed by atoms with van der Waals surface area (Å²) in [6.45, 7) is 4.72. The van der Waals surface area contributed by atoms with Crippen molar-refractivity contribution in [1.82, 2.24) is 0 Å². The van der Waals surface area contributed by atoms with Crippen LogP contribution in [0.15, 0.2) is 51.1 Å². The Bertz CT molecular complexity index is 1740. The zero-order valence-corrected chi connectivity index (χ0v) is 22.2. The van der Waals surface area contributed by atoms with Crippen molar-refractivity contribution in [2.45, 2.75) is 48.3 Å². The van der Waals surface area contributed by atoms with Crippen LogP contribution in [0.2, 0.25) is 0 Å². The minimum absolute atomic E-state index is 0.0541. The Kier molecular flexibility index (Phi) is 7.49. The van der Waals surface area contributed by atoms with Gasteiger partial charge in [-0.1, -0.05) is 6.07 Å². The molecule has 0 heterocycles. The number of benzene rings is 3. The van der Waals surface area contributed by atoms with E-state index in [4.69, 9.17) is 0 Å². The van der Waals surface area contributed by atoms with Crippen LogP contribution in [0, 0.1) is 20.8 Å². The predicted octanol–water partition coefficient (Wildman–Crippen LogP) is 2.94. The number of hydrogen-bond donors (Lipinski definition) is 5. The zero-order chi connectivity index (χ0) is 28.1. The van der Waals surface area contributed by atoms with Gasteiger partial charge in [0.15, 0.2) is 0 Å². The van der Waals surface area contributed by atoms with Crippen LogP contribution in [0.25, 0.3) is 0 Å². The first-order valence-electron chi connectivity index (χ1n) is 10.5. The maximum atomic E-state index is 12.3. The van der Waals surface area contributed by atoms with E-state index in [1.54, 1.807) is 13.8 Å². The van der Waals surface area contributed by atoms with Crippen molar-refractivity contribution in [2.75, 3.05) is 0 Å². The fraction of sp³-hybridized carbons (Fsp3) is 0.217. The summed E-state index contributed by atoms with van der Waals surface area (Å²) in [6.07, 6.45) is -0.357. The third-order valence-electron chi connectivity index (χ3n) is 6.03. The Morgan fingerprint density at radius 3 is 1.30 bits per heavy atom. The molecule has 3 aromatic rings. The highest BCUT2D eigenvalue weighted by atomic mass is 32.2. The van der Waals surface area contributed by atoms with Crippen molar-refractivity contribution in [3.63, 3.8) is 0 Å². The molecule has 3 rings (SSSR count). The number of phenolic OH excluding ortho intramolecular Hbond substituents is 2. The van der Waals surface area contributed by atoms with Gasteiger partial charge in [-0.15, -0.1) is 0 Å². The van der Waals surface area contributed by atoms with Crippen molar-refractivity contribution >= 4 is 30.4 Å². The van der Waals surface area contributed by atoms with Crippen LogP contribution < -0.4 is 0 Å². The monoisotopic (exact) mass is 572 g/mol. The van der Waals surface area contributed by atoms with E-state index in [1.165, 1.54) is 13.0 Å². The van der Waals surface area contributed by atoms with Gasteiger partial charge in [0.05, 0.1) is 4.90 Å². The summed E-state index contributed by atoms with van der Waals surface area (Å²) in [5, 5.41) is 20.0. The Hall–Kier alpha value is -3.01. The standard InChI is InChI=1S/C23H24O11S3/c1-12-4-5-21(35(26,27)28)18(9-16-11-23(37(32,33)34)20(25)7-14(16)3)17(12)8-15-10-22(36(29,30)31)19(24)6-13(15)2/h4-7,10-11,24-25H,8-9H2,1-3H3,(H,26,27,28)(H,29,30,31)(H,32,33,34). The molecule has 0 fully saturated rings. The number of phenols is 2. The molecular formula is C23H24O11S3. The lowest BCUT2D eigenvalue weighted by Crippen LogP contribution is -2.11. The molecule has 5 N–H and O–H groups in total. The molecule has 0 radical (unpaired) electrons. The Morgan fingerprint density at radius 1 is 0.541 bits per heavy atom. The molecule has 14 heteroatoms. The van der Waals surface area contributed by atoms with Crippen LogP contribution in [-0.4, -0.2) is 49.1 Å². The minimum atomic E-state index is -4.82. The van der Waals surface area contributed by atoms with E-state index in [0.29, 0.717) is 27.8 Å². The van der Waals surface area contributed by atoms with Gasteiger partial charge in [-0.3, -0.25) is 13.7 Å². The molecule has 0 aromatic heterocycles. The molecule has 0 atom stereocenters. The minimum Gasteiger partial charge on any atom is -0.506 e. The maximum Gasteiger partial charge on any atom is 0.298 e. The molecule has 3 aromatic carbocycles. The molecular weight excluding hydrogens is 548 g/mol. The molecule has 0 bridgehead atoms. The molecule has 0 aliphatic carbocycles. The Labute approximate surface area is 214 Å². The second kappa shape index (κ2) is 9.70. The molecule has 0 saturated carbocycles. The van der Waals surface area contributed by atoms with E-state index >= 15 is 0 Å². The number of aryl methyl sites for hydroxylation is 3. The summed E-state index contributed by atoms with van der Waals surface area (Å²) in [5.41, 5.74) is 2.22. The summed E-state index contributed by atoms with van der Waals surface area (Å²) in [5.74, 6) is -1.38. The van der Waals surface area contributed by atoms with Crippen LogP contribution in [0.3, 0.4) is 0 Å². The van der Waals surface area contributed by atoms with E-state index in [0.717, 1.165) is 30.3 Å². The summed E-state index contributed by atoms with van der Waals surface area (Å²) >= 11 is 0. The fourth-order valence-corrected chi connectivity index (χ4v) is 6.05. The Morgan fingerprint density at radius 2 is 0.919 bits per heavy atom. The highest BCUT2D eigenvalue weighted by Crippen LogP contribution is 2.34. The second-order valence-corrected chi connectivity index (χ2v) is 12.8. The van der Waals surface area contributed by atoms with Gasteiger partial charge in [0, 0.05) is 0 Å². The molecule has 0 amide bonds. The van der Waals surface area contributed by atoms with Gasteiger partial charge in [0.2, 0.25) is 0 Å². The largest absolute Gasteiger partial charge is 0.506 e. The lowest BCUT2D eigenvalue weighted by atomic mass is 9.89.